The molecule has 0 spiro atoms. The van der Waals surface area contributed by atoms with E-state index in [0.717, 1.165) is 22.7 Å². The predicted molar refractivity (Wildman–Crippen MR) is 112 cm³/mol. The van der Waals surface area contributed by atoms with E-state index in [1.807, 2.05) is 31.3 Å². The molecule has 2 amide bonds. The van der Waals surface area contributed by atoms with Crippen LogP contribution in [0.2, 0.25) is 0 Å². The van der Waals surface area contributed by atoms with E-state index >= 15 is 0 Å². The van der Waals surface area contributed by atoms with Crippen LogP contribution in [0.3, 0.4) is 0 Å². The molecule has 0 fully saturated rings. The summed E-state index contributed by atoms with van der Waals surface area (Å²) in [6.45, 7) is 6.31. The Balaban J connectivity index is 0.000000330. The fourth-order valence-corrected chi connectivity index (χ4v) is 2.12. The molecule has 0 unspecified atom stereocenters. The number of nitrogens with zero attached hydrogens (tertiary/aromatic N) is 1. The van der Waals surface area contributed by atoms with Gasteiger partial charge in [0.1, 0.15) is 5.60 Å². The Morgan fingerprint density at radius 1 is 1.00 bits per heavy atom. The van der Waals surface area contributed by atoms with Crippen molar-refractivity contribution in [3.05, 3.63) is 59.7 Å². The molecule has 0 radical (unpaired) electrons. The molecule has 0 aromatic heterocycles. The molecule has 2 aromatic carbocycles. The lowest BCUT2D eigenvalue weighted by Gasteiger charge is -2.23. The third-order valence-electron chi connectivity index (χ3n) is 3.45. The molecule has 7 heteroatoms. The SMILES string of the molecule is CC(C)(C)OC(=O)N(C=O)Cc1ccc(N)cc1.CNCc1ccc(N)cc1. The molecule has 0 bridgehead atoms. The van der Waals surface area contributed by atoms with Gasteiger partial charge in [-0.25, -0.2) is 9.69 Å². The highest BCUT2D eigenvalue weighted by Gasteiger charge is 2.21. The first-order valence-corrected chi connectivity index (χ1v) is 8.93. The average Bonchev–Trinajstić information content (AvgIpc) is 2.62. The second-order valence-corrected chi connectivity index (χ2v) is 7.23. The summed E-state index contributed by atoms with van der Waals surface area (Å²) >= 11 is 0. The Kier molecular flexibility index (Phi) is 8.98. The molecular weight excluding hydrogens is 356 g/mol. The molecule has 0 saturated carbocycles. The van der Waals surface area contributed by atoms with E-state index in [1.54, 1.807) is 45.0 Å². The Morgan fingerprint density at radius 3 is 1.86 bits per heavy atom. The van der Waals surface area contributed by atoms with Gasteiger partial charge in [0, 0.05) is 17.9 Å². The fourth-order valence-electron chi connectivity index (χ4n) is 2.12. The number of carbonyl (C=O) groups is 2. The van der Waals surface area contributed by atoms with Crippen molar-refractivity contribution in [3.8, 4) is 0 Å². The molecule has 28 heavy (non-hydrogen) atoms. The molecule has 152 valence electrons. The summed E-state index contributed by atoms with van der Waals surface area (Å²) in [5.41, 5.74) is 14.0. The Bertz CT molecular complexity index is 738. The van der Waals surface area contributed by atoms with Crippen LogP contribution in [0, 0.1) is 0 Å². The quantitative estimate of drug-likeness (QED) is 0.538. The highest BCUT2D eigenvalue weighted by molar-refractivity contribution is 5.80. The van der Waals surface area contributed by atoms with Crippen molar-refractivity contribution in [2.75, 3.05) is 18.5 Å². The number of anilines is 2. The van der Waals surface area contributed by atoms with E-state index in [4.69, 9.17) is 16.2 Å². The van der Waals surface area contributed by atoms with Crippen LogP contribution in [0.1, 0.15) is 31.9 Å². The van der Waals surface area contributed by atoms with Crippen LogP contribution in [0.5, 0.6) is 0 Å². The van der Waals surface area contributed by atoms with Gasteiger partial charge < -0.3 is 21.5 Å². The number of rotatable bonds is 5. The lowest BCUT2D eigenvalue weighted by molar-refractivity contribution is -0.118. The van der Waals surface area contributed by atoms with Crippen molar-refractivity contribution in [3.63, 3.8) is 0 Å². The smallest absolute Gasteiger partial charge is 0.417 e. The average molecular weight is 386 g/mol. The van der Waals surface area contributed by atoms with Crippen molar-refractivity contribution in [1.29, 1.82) is 0 Å². The van der Waals surface area contributed by atoms with Crippen LogP contribution >= 0.6 is 0 Å². The first-order chi connectivity index (χ1) is 13.1. The molecule has 0 saturated heterocycles. The van der Waals surface area contributed by atoms with Crippen molar-refractivity contribution in [2.45, 2.75) is 39.5 Å². The predicted octanol–water partition coefficient (Wildman–Crippen LogP) is 3.15. The Morgan fingerprint density at radius 2 is 1.46 bits per heavy atom. The second kappa shape index (κ2) is 10.9. The molecule has 5 N–H and O–H groups in total. The summed E-state index contributed by atoms with van der Waals surface area (Å²) in [6.07, 6.45) is -0.195. The first-order valence-electron chi connectivity index (χ1n) is 8.93. The monoisotopic (exact) mass is 386 g/mol. The minimum absolute atomic E-state index is 0.165. The summed E-state index contributed by atoms with van der Waals surface area (Å²) in [5, 5.41) is 3.06. The number of ether oxygens (including phenoxy) is 1. The Labute approximate surface area is 166 Å². The second-order valence-electron chi connectivity index (χ2n) is 7.23. The fraction of sp³-hybridized carbons (Fsp3) is 0.333. The molecule has 2 rings (SSSR count). The number of carbonyl (C=O) groups excluding carboxylic acids is 2. The highest BCUT2D eigenvalue weighted by atomic mass is 16.6. The summed E-state index contributed by atoms with van der Waals surface area (Å²) in [4.78, 5) is 23.6. The molecule has 7 nitrogen and oxygen atoms in total. The van der Waals surface area contributed by atoms with Gasteiger partial charge in [-0.2, -0.15) is 0 Å². The van der Waals surface area contributed by atoms with Crippen LogP contribution in [0.25, 0.3) is 0 Å². The van der Waals surface area contributed by atoms with Crippen LogP contribution in [-0.2, 0) is 22.6 Å². The topological polar surface area (TPSA) is 111 Å². The minimum atomic E-state index is -0.658. The maximum Gasteiger partial charge on any atom is 0.417 e. The minimum Gasteiger partial charge on any atom is -0.443 e. The van der Waals surface area contributed by atoms with Crippen molar-refractivity contribution in [2.24, 2.45) is 0 Å². The van der Waals surface area contributed by atoms with Crippen molar-refractivity contribution >= 4 is 23.9 Å². The molecular formula is C21H30N4O3. The van der Waals surface area contributed by atoms with Crippen LogP contribution in [0.15, 0.2) is 48.5 Å². The van der Waals surface area contributed by atoms with Gasteiger partial charge >= 0.3 is 6.09 Å². The lowest BCUT2D eigenvalue weighted by atomic mass is 10.2. The van der Waals surface area contributed by atoms with Crippen LogP contribution < -0.4 is 16.8 Å². The van der Waals surface area contributed by atoms with E-state index in [-0.39, 0.29) is 6.54 Å². The van der Waals surface area contributed by atoms with E-state index in [9.17, 15) is 9.59 Å². The van der Waals surface area contributed by atoms with Crippen molar-refractivity contribution < 1.29 is 14.3 Å². The van der Waals surface area contributed by atoms with Gasteiger partial charge in [-0.05, 0) is 63.2 Å². The molecule has 0 aliphatic carbocycles. The summed E-state index contributed by atoms with van der Waals surface area (Å²) in [7, 11) is 1.93. The summed E-state index contributed by atoms with van der Waals surface area (Å²) < 4.78 is 5.12. The van der Waals surface area contributed by atoms with E-state index in [0.29, 0.717) is 12.1 Å². The van der Waals surface area contributed by atoms with Crippen molar-refractivity contribution in [1.82, 2.24) is 10.2 Å². The maximum absolute atomic E-state index is 11.7. The molecule has 0 aliphatic heterocycles. The van der Waals surface area contributed by atoms with Gasteiger partial charge in [-0.3, -0.25) is 4.79 Å². The Hall–Kier alpha value is -3.06. The number of hydrogen-bond donors (Lipinski definition) is 3. The third kappa shape index (κ3) is 9.05. The zero-order valence-electron chi connectivity index (χ0n) is 16.9. The largest absolute Gasteiger partial charge is 0.443 e. The molecule has 0 heterocycles. The normalized spacial score (nSPS) is 10.4. The number of nitrogens with one attached hydrogen (secondary N) is 1. The van der Waals surface area contributed by atoms with E-state index < -0.39 is 11.7 Å². The number of amides is 2. The maximum atomic E-state index is 11.7. The summed E-state index contributed by atoms with van der Waals surface area (Å²) in [6, 6.07) is 14.8. The van der Waals surface area contributed by atoms with Crippen LogP contribution in [0.4, 0.5) is 16.2 Å². The lowest BCUT2D eigenvalue weighted by Crippen LogP contribution is -2.35. The van der Waals surface area contributed by atoms with Gasteiger partial charge in [0.25, 0.3) is 0 Å². The number of benzene rings is 2. The van der Waals surface area contributed by atoms with Gasteiger partial charge in [0.15, 0.2) is 0 Å². The van der Waals surface area contributed by atoms with Crippen LogP contribution in [-0.4, -0.2) is 30.1 Å². The first kappa shape index (κ1) is 23.0. The van der Waals surface area contributed by atoms with Gasteiger partial charge in [0.2, 0.25) is 6.41 Å². The number of imide groups is 1. The zero-order valence-corrected chi connectivity index (χ0v) is 16.9. The number of hydrogen-bond acceptors (Lipinski definition) is 6. The molecule has 0 aliphatic rings. The number of nitrogen functional groups attached to an aromatic ring is 2. The number of nitrogens with two attached hydrogens (primary N) is 2. The molecule has 0 atom stereocenters. The van der Waals surface area contributed by atoms with Gasteiger partial charge in [0.05, 0.1) is 6.54 Å². The van der Waals surface area contributed by atoms with Gasteiger partial charge in [-0.15, -0.1) is 0 Å². The zero-order chi connectivity index (χ0) is 21.2. The third-order valence-corrected chi connectivity index (χ3v) is 3.45. The van der Waals surface area contributed by atoms with E-state index in [1.165, 1.54) is 5.56 Å². The highest BCUT2D eigenvalue weighted by Crippen LogP contribution is 2.12. The summed E-state index contributed by atoms with van der Waals surface area (Å²) in [5.74, 6) is 0. The molecule has 2 aromatic rings. The van der Waals surface area contributed by atoms with Gasteiger partial charge in [-0.1, -0.05) is 24.3 Å². The van der Waals surface area contributed by atoms with E-state index in [2.05, 4.69) is 5.32 Å². The standard InChI is InChI=1S/C13H18N2O3.C8H12N2/c1-13(2,3)18-12(17)15(9-16)8-10-4-6-11(14)7-5-10;1-10-6-7-2-4-8(9)5-3-7/h4-7,9H,8,14H2,1-3H3;2-5,10H,6,9H2,1H3.